The number of hydrogen-bond acceptors (Lipinski definition) is 7. The Kier molecular flexibility index (Phi) is 6.61. The lowest BCUT2D eigenvalue weighted by Gasteiger charge is -2.15. The predicted molar refractivity (Wildman–Crippen MR) is 95.2 cm³/mol. The number of nitrogens with one attached hydrogen (secondary N) is 1. The molecule has 0 radical (unpaired) electrons. The number of ether oxygens (including phenoxy) is 4. The first-order valence-corrected chi connectivity index (χ1v) is 7.64. The maximum Gasteiger partial charge on any atom is 0.354 e. The Hall–Kier alpha value is -3.48. The molecule has 2 aromatic carbocycles. The molecule has 0 bridgehead atoms. The summed E-state index contributed by atoms with van der Waals surface area (Å²) < 4.78 is 20.4. The summed E-state index contributed by atoms with van der Waals surface area (Å²) in [5.74, 6) is 0.0709. The smallest absolute Gasteiger partial charge is 0.354 e. The van der Waals surface area contributed by atoms with Gasteiger partial charge in [0.05, 0.1) is 33.1 Å². The van der Waals surface area contributed by atoms with Crippen molar-refractivity contribution >= 4 is 17.6 Å². The molecule has 0 atom stereocenters. The number of para-hydroxylation sites is 4. The maximum atomic E-state index is 11.9. The maximum absolute atomic E-state index is 11.9. The molecule has 0 amide bonds. The monoisotopic (exact) mass is 357 g/mol. The van der Waals surface area contributed by atoms with Crippen molar-refractivity contribution in [2.75, 3.05) is 26.6 Å². The molecule has 136 valence electrons. The van der Waals surface area contributed by atoms with Crippen molar-refractivity contribution in [2.24, 2.45) is 0 Å². The van der Waals surface area contributed by atoms with Gasteiger partial charge in [0.1, 0.15) is 5.70 Å². The molecule has 0 fully saturated rings. The third-order valence-corrected chi connectivity index (χ3v) is 3.31. The molecule has 0 heterocycles. The first-order valence-electron chi connectivity index (χ1n) is 7.64. The van der Waals surface area contributed by atoms with Crippen LogP contribution in [-0.4, -0.2) is 33.3 Å². The quantitative estimate of drug-likeness (QED) is 0.602. The van der Waals surface area contributed by atoms with Crippen LogP contribution in [0, 0.1) is 0 Å². The number of carbonyl (C=O) groups excluding carboxylic acids is 2. The van der Waals surface area contributed by atoms with Crippen molar-refractivity contribution in [1.82, 2.24) is 0 Å². The highest BCUT2D eigenvalue weighted by Crippen LogP contribution is 2.35. The van der Waals surface area contributed by atoms with Gasteiger partial charge in [0.15, 0.2) is 17.2 Å². The molecule has 7 heteroatoms. The molecular weight excluding hydrogens is 338 g/mol. The van der Waals surface area contributed by atoms with Gasteiger partial charge in [-0.15, -0.1) is 0 Å². The van der Waals surface area contributed by atoms with Crippen molar-refractivity contribution in [3.8, 4) is 17.2 Å². The van der Waals surface area contributed by atoms with E-state index in [1.807, 2.05) is 12.1 Å². The lowest BCUT2D eigenvalue weighted by Crippen LogP contribution is -2.15. The minimum atomic E-state index is -0.720. The summed E-state index contributed by atoms with van der Waals surface area (Å²) in [6.07, 6.45) is 1.01. The highest BCUT2D eigenvalue weighted by molar-refractivity contribution is 5.99. The van der Waals surface area contributed by atoms with E-state index in [0.29, 0.717) is 22.9 Å². The molecule has 0 aromatic heterocycles. The van der Waals surface area contributed by atoms with E-state index in [0.717, 1.165) is 6.08 Å². The van der Waals surface area contributed by atoms with E-state index in [1.165, 1.54) is 14.2 Å². The largest absolute Gasteiger partial charge is 0.493 e. The van der Waals surface area contributed by atoms with Crippen LogP contribution in [0.4, 0.5) is 5.69 Å². The fourth-order valence-corrected chi connectivity index (χ4v) is 2.06. The minimum Gasteiger partial charge on any atom is -0.493 e. The van der Waals surface area contributed by atoms with Crippen LogP contribution in [0.25, 0.3) is 0 Å². The second kappa shape index (κ2) is 9.12. The second-order valence-electron chi connectivity index (χ2n) is 4.95. The zero-order valence-corrected chi connectivity index (χ0v) is 14.6. The van der Waals surface area contributed by atoms with E-state index in [2.05, 4.69) is 14.8 Å². The Balaban J connectivity index is 2.34. The zero-order chi connectivity index (χ0) is 18.9. The van der Waals surface area contributed by atoms with Crippen molar-refractivity contribution in [3.05, 3.63) is 60.3 Å². The Labute approximate surface area is 151 Å². The van der Waals surface area contributed by atoms with Gasteiger partial charge in [-0.2, -0.15) is 0 Å². The van der Waals surface area contributed by atoms with Crippen LogP contribution < -0.4 is 14.8 Å². The fourth-order valence-electron chi connectivity index (χ4n) is 2.06. The van der Waals surface area contributed by atoms with Gasteiger partial charge in [-0.05, 0) is 24.3 Å². The first kappa shape index (κ1) is 18.9. The Morgan fingerprint density at radius 3 is 2.08 bits per heavy atom. The molecule has 0 saturated carbocycles. The van der Waals surface area contributed by atoms with Crippen LogP contribution in [-0.2, 0) is 19.1 Å². The number of carbonyl (C=O) groups is 2. The fraction of sp³-hybridized carbons (Fsp3) is 0.158. The van der Waals surface area contributed by atoms with Crippen LogP contribution in [0.15, 0.2) is 60.3 Å². The van der Waals surface area contributed by atoms with Crippen molar-refractivity contribution in [2.45, 2.75) is 0 Å². The molecule has 2 rings (SSSR count). The van der Waals surface area contributed by atoms with E-state index >= 15 is 0 Å². The van der Waals surface area contributed by atoms with Gasteiger partial charge in [0.25, 0.3) is 0 Å². The minimum absolute atomic E-state index is 0.0876. The predicted octanol–water partition coefficient (Wildman–Crippen LogP) is 3.13. The number of anilines is 1. The Bertz CT molecular complexity index is 815. The van der Waals surface area contributed by atoms with Crippen molar-refractivity contribution in [1.29, 1.82) is 0 Å². The average molecular weight is 357 g/mol. The summed E-state index contributed by atoms with van der Waals surface area (Å²) in [4.78, 5) is 23.4. The highest BCUT2D eigenvalue weighted by atomic mass is 16.5. The van der Waals surface area contributed by atoms with E-state index in [9.17, 15) is 9.59 Å². The summed E-state index contributed by atoms with van der Waals surface area (Å²) in [5.41, 5.74) is 0.370. The molecule has 0 aliphatic heterocycles. The Morgan fingerprint density at radius 1 is 0.846 bits per heavy atom. The number of rotatable bonds is 7. The van der Waals surface area contributed by atoms with Gasteiger partial charge in [-0.3, -0.25) is 0 Å². The molecule has 0 spiro atoms. The van der Waals surface area contributed by atoms with Crippen molar-refractivity contribution < 1.29 is 28.5 Å². The van der Waals surface area contributed by atoms with Gasteiger partial charge >= 0.3 is 11.9 Å². The zero-order valence-electron chi connectivity index (χ0n) is 14.6. The Morgan fingerprint density at radius 2 is 1.46 bits per heavy atom. The van der Waals surface area contributed by atoms with E-state index in [-0.39, 0.29) is 5.70 Å². The number of esters is 2. The van der Waals surface area contributed by atoms with Crippen LogP contribution in [0.1, 0.15) is 0 Å². The average Bonchev–Trinajstić information content (AvgIpc) is 2.68. The van der Waals surface area contributed by atoms with E-state index in [1.54, 1.807) is 43.5 Å². The summed E-state index contributed by atoms with van der Waals surface area (Å²) in [6.45, 7) is 0. The summed E-state index contributed by atoms with van der Waals surface area (Å²) in [7, 11) is 3.97. The SMILES string of the molecule is COC(=O)/C=C(/Nc1ccccc1Oc1ccccc1OC)C(=O)OC. The highest BCUT2D eigenvalue weighted by Gasteiger charge is 2.16. The first-order chi connectivity index (χ1) is 12.6. The van der Waals surface area contributed by atoms with Crippen LogP contribution in [0.2, 0.25) is 0 Å². The molecule has 0 saturated heterocycles. The lowest BCUT2D eigenvalue weighted by molar-refractivity contribution is -0.138. The normalized spacial score (nSPS) is 10.7. The van der Waals surface area contributed by atoms with Gasteiger partial charge in [-0.1, -0.05) is 24.3 Å². The molecule has 0 unspecified atom stereocenters. The van der Waals surface area contributed by atoms with Crippen LogP contribution >= 0.6 is 0 Å². The lowest BCUT2D eigenvalue weighted by atomic mass is 10.2. The molecule has 0 aliphatic rings. The van der Waals surface area contributed by atoms with Gasteiger partial charge in [0, 0.05) is 0 Å². The van der Waals surface area contributed by atoms with Crippen LogP contribution in [0.3, 0.4) is 0 Å². The summed E-state index contributed by atoms with van der Waals surface area (Å²) in [6, 6.07) is 14.1. The molecule has 7 nitrogen and oxygen atoms in total. The van der Waals surface area contributed by atoms with Gasteiger partial charge in [0.2, 0.25) is 0 Å². The van der Waals surface area contributed by atoms with Crippen LogP contribution in [0.5, 0.6) is 17.2 Å². The third-order valence-electron chi connectivity index (χ3n) is 3.31. The molecule has 26 heavy (non-hydrogen) atoms. The molecular formula is C19H19NO6. The number of benzene rings is 2. The van der Waals surface area contributed by atoms with E-state index < -0.39 is 11.9 Å². The third kappa shape index (κ3) is 4.76. The molecule has 0 aliphatic carbocycles. The number of hydrogen-bond donors (Lipinski definition) is 1. The molecule has 2 aromatic rings. The van der Waals surface area contributed by atoms with Crippen molar-refractivity contribution in [3.63, 3.8) is 0 Å². The van der Waals surface area contributed by atoms with Gasteiger partial charge < -0.3 is 24.3 Å². The number of methoxy groups -OCH3 is 3. The molecule has 1 N–H and O–H groups in total. The second-order valence-corrected chi connectivity index (χ2v) is 4.95. The van der Waals surface area contributed by atoms with E-state index in [4.69, 9.17) is 9.47 Å². The summed E-state index contributed by atoms with van der Waals surface area (Å²) in [5, 5.41) is 2.84. The van der Waals surface area contributed by atoms with Gasteiger partial charge in [-0.25, -0.2) is 9.59 Å². The summed E-state index contributed by atoms with van der Waals surface area (Å²) >= 11 is 0. The standard InChI is InChI=1S/C19H19NO6/c1-23-16-10-6-7-11-17(16)26-15-9-5-4-8-13(15)20-14(19(22)25-3)12-18(21)24-2/h4-12,20H,1-3H3/b14-12+. The topological polar surface area (TPSA) is 83.1 Å².